The topological polar surface area (TPSA) is 85.8 Å². The van der Waals surface area contributed by atoms with Gasteiger partial charge in [-0.1, -0.05) is 0 Å². The molecule has 0 radical (unpaired) electrons. The number of carbonyl (C=O) groups excluding carboxylic acids is 1. The fraction of sp³-hybridized carbons (Fsp3) is 0.450. The van der Waals surface area contributed by atoms with Crippen molar-refractivity contribution in [1.29, 1.82) is 0 Å². The second kappa shape index (κ2) is 7.73. The Hall–Kier alpha value is -2.71. The summed E-state index contributed by atoms with van der Waals surface area (Å²) in [6.07, 6.45) is 1.65. The number of piperidine rings is 1. The van der Waals surface area contributed by atoms with Crippen molar-refractivity contribution in [3.63, 3.8) is 0 Å². The lowest BCUT2D eigenvalue weighted by atomic mass is 10.0. The Morgan fingerprint density at radius 3 is 2.46 bits per heavy atom. The van der Waals surface area contributed by atoms with Gasteiger partial charge in [0.2, 0.25) is 0 Å². The third kappa shape index (κ3) is 3.93. The molecule has 3 heterocycles. The molecule has 2 aliphatic heterocycles. The van der Waals surface area contributed by atoms with Gasteiger partial charge in [0.25, 0.3) is 0 Å². The lowest BCUT2D eigenvalue weighted by molar-refractivity contribution is -0.169. The molecule has 0 amide bonds. The van der Waals surface area contributed by atoms with Gasteiger partial charge in [-0.25, -0.2) is 14.8 Å². The van der Waals surface area contributed by atoms with Crippen molar-refractivity contribution in [2.75, 3.05) is 43.6 Å². The number of nitrogens with one attached hydrogen (secondary N) is 1. The maximum absolute atomic E-state index is 11.6. The number of methoxy groups -OCH3 is 1. The summed E-state index contributed by atoms with van der Waals surface area (Å²) in [6, 6.07) is 9.02. The number of hydrogen-bond acceptors (Lipinski definition) is 8. The van der Waals surface area contributed by atoms with Crippen molar-refractivity contribution >= 4 is 23.3 Å². The highest BCUT2D eigenvalue weighted by Gasteiger charge is 2.40. The molecule has 0 aliphatic carbocycles. The molecule has 148 valence electrons. The number of aryl methyl sites for hydroxylation is 1. The summed E-state index contributed by atoms with van der Waals surface area (Å²) >= 11 is 0. The maximum Gasteiger partial charge on any atom is 0.337 e. The quantitative estimate of drug-likeness (QED) is 0.806. The Labute approximate surface area is 163 Å². The predicted octanol–water partition coefficient (Wildman–Crippen LogP) is 2.66. The number of rotatable bonds is 4. The molecule has 0 unspecified atom stereocenters. The van der Waals surface area contributed by atoms with E-state index in [1.54, 1.807) is 12.1 Å². The molecule has 1 aromatic carbocycles. The van der Waals surface area contributed by atoms with Gasteiger partial charge in [0.1, 0.15) is 17.5 Å². The average Bonchev–Trinajstić information content (AvgIpc) is 3.16. The van der Waals surface area contributed by atoms with Gasteiger partial charge in [-0.3, -0.25) is 0 Å². The predicted molar refractivity (Wildman–Crippen MR) is 104 cm³/mol. The highest BCUT2D eigenvalue weighted by molar-refractivity contribution is 5.89. The van der Waals surface area contributed by atoms with Crippen molar-refractivity contribution in [3.8, 4) is 0 Å². The smallest absolute Gasteiger partial charge is 0.337 e. The van der Waals surface area contributed by atoms with Gasteiger partial charge in [0, 0.05) is 37.7 Å². The third-order valence-corrected chi connectivity index (χ3v) is 5.07. The highest BCUT2D eigenvalue weighted by atomic mass is 16.7. The van der Waals surface area contributed by atoms with E-state index in [4.69, 9.17) is 14.2 Å². The van der Waals surface area contributed by atoms with Crippen molar-refractivity contribution in [2.24, 2.45) is 0 Å². The number of anilines is 3. The fourth-order valence-electron chi connectivity index (χ4n) is 3.60. The van der Waals surface area contributed by atoms with Crippen LogP contribution in [0.15, 0.2) is 30.3 Å². The first-order valence-electron chi connectivity index (χ1n) is 9.41. The van der Waals surface area contributed by atoms with E-state index in [-0.39, 0.29) is 5.97 Å². The Morgan fingerprint density at radius 2 is 1.82 bits per heavy atom. The van der Waals surface area contributed by atoms with Gasteiger partial charge >= 0.3 is 5.97 Å². The third-order valence-electron chi connectivity index (χ3n) is 5.07. The van der Waals surface area contributed by atoms with Crippen LogP contribution in [0.5, 0.6) is 0 Å². The molecule has 1 N–H and O–H groups in total. The highest BCUT2D eigenvalue weighted by Crippen LogP contribution is 2.33. The van der Waals surface area contributed by atoms with Crippen molar-refractivity contribution in [3.05, 3.63) is 41.7 Å². The van der Waals surface area contributed by atoms with Crippen LogP contribution in [-0.4, -0.2) is 55.1 Å². The van der Waals surface area contributed by atoms with Crippen LogP contribution in [0.1, 0.15) is 29.0 Å². The summed E-state index contributed by atoms with van der Waals surface area (Å²) in [5, 5.41) is 3.28. The minimum absolute atomic E-state index is 0.357. The van der Waals surface area contributed by atoms with E-state index in [0.717, 1.165) is 37.4 Å². The first-order chi connectivity index (χ1) is 13.6. The van der Waals surface area contributed by atoms with E-state index < -0.39 is 5.79 Å². The fourth-order valence-corrected chi connectivity index (χ4v) is 3.60. The zero-order valence-electron chi connectivity index (χ0n) is 16.1. The Bertz CT molecular complexity index is 840. The van der Waals surface area contributed by atoms with Gasteiger partial charge in [-0.05, 0) is 31.2 Å². The second-order valence-corrected chi connectivity index (χ2v) is 6.95. The van der Waals surface area contributed by atoms with Crippen molar-refractivity contribution in [1.82, 2.24) is 9.97 Å². The lowest BCUT2D eigenvalue weighted by Crippen LogP contribution is -2.45. The van der Waals surface area contributed by atoms with Crippen LogP contribution in [-0.2, 0) is 14.2 Å². The molecular formula is C20H24N4O4. The van der Waals surface area contributed by atoms with Gasteiger partial charge in [-0.15, -0.1) is 0 Å². The van der Waals surface area contributed by atoms with Crippen LogP contribution in [0.3, 0.4) is 0 Å². The van der Waals surface area contributed by atoms with E-state index in [0.29, 0.717) is 30.4 Å². The second-order valence-electron chi connectivity index (χ2n) is 6.95. The molecule has 4 rings (SSSR count). The minimum atomic E-state index is -0.402. The molecule has 2 saturated heterocycles. The largest absolute Gasteiger partial charge is 0.465 e. The Kier molecular flexibility index (Phi) is 5.15. The van der Waals surface area contributed by atoms with Gasteiger partial charge in [0.15, 0.2) is 5.79 Å². The number of benzene rings is 1. The van der Waals surface area contributed by atoms with Crippen LogP contribution in [0, 0.1) is 6.92 Å². The van der Waals surface area contributed by atoms with Crippen LogP contribution in [0.25, 0.3) is 0 Å². The Balaban J connectivity index is 1.46. The van der Waals surface area contributed by atoms with Gasteiger partial charge in [-0.2, -0.15) is 0 Å². The normalized spacial score (nSPS) is 18.3. The standard InChI is InChI=1S/C20H24N4O4/c1-14-21-17(23-16-5-3-15(4-6-16)19(25)26-2)13-18(22-14)24-9-7-20(8-10-24)27-11-12-28-20/h3-6,13H,7-12H2,1-2H3,(H,21,22,23). The summed E-state index contributed by atoms with van der Waals surface area (Å²) in [6.45, 7) is 4.88. The summed E-state index contributed by atoms with van der Waals surface area (Å²) < 4.78 is 16.3. The summed E-state index contributed by atoms with van der Waals surface area (Å²) in [7, 11) is 1.37. The van der Waals surface area contributed by atoms with Gasteiger partial charge < -0.3 is 24.4 Å². The molecular weight excluding hydrogens is 360 g/mol. The number of esters is 1. The van der Waals surface area contributed by atoms with Crippen LogP contribution < -0.4 is 10.2 Å². The van der Waals surface area contributed by atoms with E-state index >= 15 is 0 Å². The van der Waals surface area contributed by atoms with E-state index in [2.05, 4.69) is 20.2 Å². The Morgan fingerprint density at radius 1 is 1.14 bits per heavy atom. The van der Waals surface area contributed by atoms with Crippen molar-refractivity contribution < 1.29 is 19.0 Å². The van der Waals surface area contributed by atoms with Gasteiger partial charge in [0.05, 0.1) is 25.9 Å². The zero-order chi connectivity index (χ0) is 19.6. The number of aromatic nitrogens is 2. The van der Waals surface area contributed by atoms with Crippen molar-refractivity contribution in [2.45, 2.75) is 25.6 Å². The molecule has 8 heteroatoms. The molecule has 2 aliphatic rings. The van der Waals surface area contributed by atoms with E-state index in [9.17, 15) is 4.79 Å². The zero-order valence-corrected chi connectivity index (χ0v) is 16.1. The molecule has 2 aromatic rings. The molecule has 0 bridgehead atoms. The summed E-state index contributed by atoms with van der Waals surface area (Å²) in [5.41, 5.74) is 1.34. The molecule has 2 fully saturated rings. The summed E-state index contributed by atoms with van der Waals surface area (Å²) in [4.78, 5) is 22.9. The monoisotopic (exact) mass is 384 g/mol. The maximum atomic E-state index is 11.6. The van der Waals surface area contributed by atoms with Crippen LogP contribution in [0.2, 0.25) is 0 Å². The SMILES string of the molecule is COC(=O)c1ccc(Nc2cc(N3CCC4(CC3)OCCO4)nc(C)n2)cc1. The lowest BCUT2D eigenvalue weighted by Gasteiger charge is -2.38. The minimum Gasteiger partial charge on any atom is -0.465 e. The first-order valence-corrected chi connectivity index (χ1v) is 9.41. The van der Waals surface area contributed by atoms with Crippen LogP contribution >= 0.6 is 0 Å². The molecule has 28 heavy (non-hydrogen) atoms. The van der Waals surface area contributed by atoms with Crippen LogP contribution in [0.4, 0.5) is 17.3 Å². The average molecular weight is 384 g/mol. The number of carbonyl (C=O) groups is 1. The number of ether oxygens (including phenoxy) is 3. The number of hydrogen-bond donors (Lipinski definition) is 1. The first kappa shape index (κ1) is 18.6. The molecule has 1 spiro atoms. The molecule has 8 nitrogen and oxygen atoms in total. The number of nitrogens with zero attached hydrogens (tertiary/aromatic N) is 3. The van der Waals surface area contributed by atoms with E-state index in [1.165, 1.54) is 7.11 Å². The molecule has 0 saturated carbocycles. The molecule has 1 aromatic heterocycles. The van der Waals surface area contributed by atoms with E-state index in [1.807, 2.05) is 25.1 Å². The molecule has 0 atom stereocenters. The summed E-state index contributed by atoms with van der Waals surface area (Å²) in [5.74, 6) is 1.53.